The molecule has 1 aliphatic heterocycles. The third-order valence-corrected chi connectivity index (χ3v) is 4.07. The summed E-state index contributed by atoms with van der Waals surface area (Å²) >= 11 is 2.05. The maximum absolute atomic E-state index is 11.9. The molecule has 1 unspecified atom stereocenters. The number of rotatable bonds is 2. The summed E-state index contributed by atoms with van der Waals surface area (Å²) in [5, 5.41) is 0. The highest BCUT2D eigenvalue weighted by atomic mass is 127. The Bertz CT molecular complexity index is 487. The van der Waals surface area contributed by atoms with Gasteiger partial charge in [-0.3, -0.25) is 4.79 Å². The third kappa shape index (κ3) is 2.92. The lowest BCUT2D eigenvalue weighted by molar-refractivity contribution is -0.0257. The first-order chi connectivity index (χ1) is 8.49. The van der Waals surface area contributed by atoms with E-state index in [1.807, 2.05) is 20.9 Å². The molecule has 0 aromatic carbocycles. The summed E-state index contributed by atoms with van der Waals surface area (Å²) in [7, 11) is 2.05. The lowest BCUT2D eigenvalue weighted by atomic mass is 10.1. The van der Waals surface area contributed by atoms with Gasteiger partial charge in [-0.05, 0) is 35.6 Å². The molecule has 0 aliphatic carbocycles. The van der Waals surface area contributed by atoms with Crippen LogP contribution in [-0.2, 0) is 4.74 Å². The second kappa shape index (κ2) is 5.66. The Morgan fingerprint density at radius 2 is 2.28 bits per heavy atom. The topological polar surface area (TPSA) is 58.2 Å². The number of halogens is 1. The Morgan fingerprint density at radius 1 is 1.56 bits per heavy atom. The van der Waals surface area contributed by atoms with Gasteiger partial charge in [0.1, 0.15) is 11.9 Å². The van der Waals surface area contributed by atoms with E-state index in [-0.39, 0.29) is 17.6 Å². The van der Waals surface area contributed by atoms with Crippen LogP contribution in [-0.4, -0.2) is 41.6 Å². The molecule has 6 heteroatoms. The Balaban J connectivity index is 2.36. The van der Waals surface area contributed by atoms with Crippen LogP contribution in [0.15, 0.2) is 4.79 Å². The maximum atomic E-state index is 11.9. The highest BCUT2D eigenvalue weighted by molar-refractivity contribution is 14.1. The number of H-pyrrole nitrogens is 1. The molecule has 1 saturated heterocycles. The second-order valence-corrected chi connectivity index (χ2v) is 6.01. The van der Waals surface area contributed by atoms with Crippen molar-refractivity contribution in [3.63, 3.8) is 0 Å². The van der Waals surface area contributed by atoms with E-state index >= 15 is 0 Å². The molecule has 2 rings (SSSR count). The summed E-state index contributed by atoms with van der Waals surface area (Å²) in [5.41, 5.74) is 0.785. The van der Waals surface area contributed by atoms with Gasteiger partial charge in [-0.15, -0.1) is 0 Å². The Labute approximate surface area is 120 Å². The molecule has 1 aromatic heterocycles. The Kier molecular flexibility index (Phi) is 4.39. The first kappa shape index (κ1) is 14.0. The average Bonchev–Trinajstić information content (AvgIpc) is 2.32. The number of hydrogen-bond acceptors (Lipinski definition) is 4. The van der Waals surface area contributed by atoms with Crippen LogP contribution in [0.1, 0.15) is 37.4 Å². The quantitative estimate of drug-likeness (QED) is 0.810. The van der Waals surface area contributed by atoms with E-state index in [2.05, 4.69) is 37.5 Å². The molecule has 2 heterocycles. The number of morpholine rings is 1. The monoisotopic (exact) mass is 363 g/mol. The molecule has 0 saturated carbocycles. The van der Waals surface area contributed by atoms with E-state index < -0.39 is 0 Å². The van der Waals surface area contributed by atoms with E-state index in [0.717, 1.165) is 18.8 Å². The van der Waals surface area contributed by atoms with Gasteiger partial charge in [-0.2, -0.15) is 0 Å². The minimum absolute atomic E-state index is 0.0684. The van der Waals surface area contributed by atoms with Gasteiger partial charge >= 0.3 is 0 Å². The van der Waals surface area contributed by atoms with Crippen molar-refractivity contribution in [2.45, 2.75) is 25.9 Å². The molecule has 1 N–H and O–H groups in total. The van der Waals surface area contributed by atoms with Crippen LogP contribution in [0.2, 0.25) is 0 Å². The minimum Gasteiger partial charge on any atom is -0.368 e. The number of aromatic amines is 1. The summed E-state index contributed by atoms with van der Waals surface area (Å²) in [6.45, 7) is 6.44. The molecule has 0 amide bonds. The third-order valence-electron chi connectivity index (χ3n) is 3.03. The first-order valence-corrected chi connectivity index (χ1v) is 7.16. The van der Waals surface area contributed by atoms with Crippen molar-refractivity contribution in [1.82, 2.24) is 14.9 Å². The van der Waals surface area contributed by atoms with Gasteiger partial charge in [-0.25, -0.2) is 4.98 Å². The van der Waals surface area contributed by atoms with E-state index in [1.165, 1.54) is 0 Å². The Hall–Kier alpha value is -0.470. The van der Waals surface area contributed by atoms with Crippen molar-refractivity contribution in [3.05, 3.63) is 25.4 Å². The normalized spacial score (nSPS) is 21.5. The van der Waals surface area contributed by atoms with Crippen molar-refractivity contribution in [1.29, 1.82) is 0 Å². The maximum Gasteiger partial charge on any atom is 0.264 e. The van der Waals surface area contributed by atoms with Crippen LogP contribution in [0.3, 0.4) is 0 Å². The van der Waals surface area contributed by atoms with E-state index in [0.29, 0.717) is 16.0 Å². The predicted molar refractivity (Wildman–Crippen MR) is 77.9 cm³/mol. The molecule has 1 aromatic rings. The van der Waals surface area contributed by atoms with Crippen LogP contribution >= 0.6 is 22.6 Å². The molecule has 1 fully saturated rings. The van der Waals surface area contributed by atoms with Gasteiger partial charge in [0.05, 0.1) is 15.9 Å². The SMILES string of the molecule is CC(C)c1nc(C2CN(C)CCO2)[nH]c(=O)c1I. The van der Waals surface area contributed by atoms with Crippen molar-refractivity contribution in [2.24, 2.45) is 0 Å². The van der Waals surface area contributed by atoms with Gasteiger partial charge in [0.25, 0.3) is 5.56 Å². The van der Waals surface area contributed by atoms with Gasteiger partial charge in [0.2, 0.25) is 0 Å². The average molecular weight is 363 g/mol. The van der Waals surface area contributed by atoms with Crippen LogP contribution in [0.25, 0.3) is 0 Å². The second-order valence-electron chi connectivity index (χ2n) is 4.93. The van der Waals surface area contributed by atoms with Crippen molar-refractivity contribution in [2.75, 3.05) is 26.7 Å². The zero-order valence-electron chi connectivity index (χ0n) is 10.9. The van der Waals surface area contributed by atoms with Crippen LogP contribution in [0.4, 0.5) is 0 Å². The lowest BCUT2D eigenvalue weighted by Crippen LogP contribution is -2.37. The first-order valence-electron chi connectivity index (χ1n) is 6.08. The molecule has 0 spiro atoms. The standard InChI is InChI=1S/C12H18IN3O2/c1-7(2)10-9(13)12(17)15-11(14-10)8-6-16(3)4-5-18-8/h7-8H,4-6H2,1-3H3,(H,14,15,17). The smallest absolute Gasteiger partial charge is 0.264 e. The van der Waals surface area contributed by atoms with E-state index in [9.17, 15) is 4.79 Å². The minimum atomic E-state index is -0.133. The zero-order chi connectivity index (χ0) is 13.3. The number of aromatic nitrogens is 2. The fraction of sp³-hybridized carbons (Fsp3) is 0.667. The number of nitrogens with one attached hydrogen (secondary N) is 1. The van der Waals surface area contributed by atoms with E-state index in [1.54, 1.807) is 0 Å². The zero-order valence-corrected chi connectivity index (χ0v) is 13.0. The highest BCUT2D eigenvalue weighted by Crippen LogP contribution is 2.21. The summed E-state index contributed by atoms with van der Waals surface area (Å²) in [6, 6.07) is 0. The summed E-state index contributed by atoms with van der Waals surface area (Å²) in [4.78, 5) is 21.5. The number of likely N-dealkylation sites (N-methyl/N-ethyl adjacent to an activating group) is 1. The summed E-state index contributed by atoms with van der Waals surface area (Å²) in [5.74, 6) is 0.884. The van der Waals surface area contributed by atoms with Crippen molar-refractivity contribution < 1.29 is 4.74 Å². The summed E-state index contributed by atoms with van der Waals surface area (Å²) < 4.78 is 6.36. The molecular weight excluding hydrogens is 345 g/mol. The molecule has 100 valence electrons. The Morgan fingerprint density at radius 3 is 2.89 bits per heavy atom. The van der Waals surface area contributed by atoms with Gasteiger partial charge in [0.15, 0.2) is 0 Å². The molecule has 5 nitrogen and oxygen atoms in total. The highest BCUT2D eigenvalue weighted by Gasteiger charge is 2.23. The molecule has 18 heavy (non-hydrogen) atoms. The van der Waals surface area contributed by atoms with Crippen molar-refractivity contribution >= 4 is 22.6 Å². The molecule has 0 bridgehead atoms. The van der Waals surface area contributed by atoms with Gasteiger partial charge in [0, 0.05) is 13.1 Å². The molecule has 0 radical (unpaired) electrons. The molecule has 1 aliphatic rings. The molecular formula is C12H18IN3O2. The van der Waals surface area contributed by atoms with Gasteiger partial charge < -0.3 is 14.6 Å². The van der Waals surface area contributed by atoms with Crippen LogP contribution in [0, 0.1) is 3.57 Å². The number of hydrogen-bond donors (Lipinski definition) is 1. The lowest BCUT2D eigenvalue weighted by Gasteiger charge is -2.29. The van der Waals surface area contributed by atoms with Crippen LogP contribution in [0.5, 0.6) is 0 Å². The molecule has 1 atom stereocenters. The fourth-order valence-electron chi connectivity index (χ4n) is 1.97. The number of nitrogens with zero attached hydrogens (tertiary/aromatic N) is 2. The van der Waals surface area contributed by atoms with Crippen LogP contribution < -0.4 is 5.56 Å². The van der Waals surface area contributed by atoms with Gasteiger partial charge in [-0.1, -0.05) is 13.8 Å². The predicted octanol–water partition coefficient (Wildman–Crippen LogP) is 1.50. The number of ether oxygens (including phenoxy) is 1. The fourth-order valence-corrected chi connectivity index (χ4v) is 2.85. The largest absolute Gasteiger partial charge is 0.368 e. The van der Waals surface area contributed by atoms with E-state index in [4.69, 9.17) is 4.74 Å². The summed E-state index contributed by atoms with van der Waals surface area (Å²) in [6.07, 6.45) is -0.133. The van der Waals surface area contributed by atoms with Crippen molar-refractivity contribution in [3.8, 4) is 0 Å².